The fourth-order valence-corrected chi connectivity index (χ4v) is 2.31. The summed E-state index contributed by atoms with van der Waals surface area (Å²) in [5.74, 6) is -0.104. The Bertz CT molecular complexity index is 290. The van der Waals surface area contributed by atoms with Gasteiger partial charge in [-0.15, -0.1) is 0 Å². The van der Waals surface area contributed by atoms with Crippen molar-refractivity contribution in [2.75, 3.05) is 26.2 Å². The zero-order valence-electron chi connectivity index (χ0n) is 11.6. The number of unbranched alkanes of at least 4 members (excludes halogenated alkanes) is 1. The van der Waals surface area contributed by atoms with Crippen LogP contribution in [0.5, 0.6) is 0 Å². The maximum atomic E-state index is 12.3. The Morgan fingerprint density at radius 3 is 2.37 bits per heavy atom. The first-order valence-electron chi connectivity index (χ1n) is 7.17. The van der Waals surface area contributed by atoms with Crippen LogP contribution in [0.1, 0.15) is 38.5 Å². The van der Waals surface area contributed by atoms with Gasteiger partial charge in [-0.1, -0.05) is 0 Å². The molecule has 0 bridgehead atoms. The highest BCUT2D eigenvalue weighted by atomic mass is 16.2. The Hall–Kier alpha value is -1.14. The fraction of sp³-hybridized carbons (Fsp3) is 0.846. The van der Waals surface area contributed by atoms with Gasteiger partial charge in [-0.2, -0.15) is 0 Å². The lowest BCUT2D eigenvalue weighted by Gasteiger charge is -2.24. The SMILES string of the molecule is NCCCC[C@H](NC(=O)CCN)C(=O)N1CCCC1. The minimum Gasteiger partial charge on any atom is -0.344 e. The molecule has 1 aliphatic rings. The van der Waals surface area contributed by atoms with Gasteiger partial charge < -0.3 is 21.7 Å². The van der Waals surface area contributed by atoms with E-state index >= 15 is 0 Å². The van der Waals surface area contributed by atoms with E-state index in [0.29, 0.717) is 19.5 Å². The van der Waals surface area contributed by atoms with Crippen LogP contribution in [-0.2, 0) is 9.59 Å². The molecule has 0 spiro atoms. The summed E-state index contributed by atoms with van der Waals surface area (Å²) in [7, 11) is 0. The van der Waals surface area contributed by atoms with Crippen molar-refractivity contribution in [1.82, 2.24) is 10.2 Å². The summed E-state index contributed by atoms with van der Waals surface area (Å²) >= 11 is 0. The van der Waals surface area contributed by atoms with Crippen molar-refractivity contribution < 1.29 is 9.59 Å². The Balaban J connectivity index is 2.51. The van der Waals surface area contributed by atoms with Gasteiger partial charge in [0, 0.05) is 26.1 Å². The summed E-state index contributed by atoms with van der Waals surface area (Å²) in [6.45, 7) is 2.53. The number of carbonyl (C=O) groups is 2. The standard InChI is InChI=1S/C13H26N4O2/c14-7-2-1-5-11(16-12(18)6-8-15)13(19)17-9-3-4-10-17/h11H,1-10,14-15H2,(H,16,18)/t11-/m0/s1. The second-order valence-corrected chi connectivity index (χ2v) is 4.98. The Morgan fingerprint density at radius 1 is 1.11 bits per heavy atom. The monoisotopic (exact) mass is 270 g/mol. The van der Waals surface area contributed by atoms with Crippen LogP contribution >= 0.6 is 0 Å². The third kappa shape index (κ3) is 5.57. The number of carbonyl (C=O) groups excluding carboxylic acids is 2. The number of hydrogen-bond donors (Lipinski definition) is 3. The van der Waals surface area contributed by atoms with Gasteiger partial charge in [0.2, 0.25) is 11.8 Å². The molecule has 0 unspecified atom stereocenters. The van der Waals surface area contributed by atoms with E-state index < -0.39 is 6.04 Å². The van der Waals surface area contributed by atoms with Gasteiger partial charge in [0.25, 0.3) is 0 Å². The second-order valence-electron chi connectivity index (χ2n) is 4.98. The van der Waals surface area contributed by atoms with Crippen molar-refractivity contribution in [3.63, 3.8) is 0 Å². The molecule has 19 heavy (non-hydrogen) atoms. The van der Waals surface area contributed by atoms with Crippen LogP contribution in [0.15, 0.2) is 0 Å². The highest BCUT2D eigenvalue weighted by Crippen LogP contribution is 2.12. The molecule has 6 nitrogen and oxygen atoms in total. The molecule has 1 rings (SSSR count). The minimum atomic E-state index is -0.413. The first-order valence-corrected chi connectivity index (χ1v) is 7.17. The molecule has 2 amide bonds. The van der Waals surface area contributed by atoms with E-state index in [1.165, 1.54) is 0 Å². The van der Waals surface area contributed by atoms with E-state index in [4.69, 9.17) is 11.5 Å². The molecule has 0 aliphatic carbocycles. The van der Waals surface area contributed by atoms with Gasteiger partial charge in [0.05, 0.1) is 0 Å². The lowest BCUT2D eigenvalue weighted by atomic mass is 10.1. The minimum absolute atomic E-state index is 0.0416. The summed E-state index contributed by atoms with van der Waals surface area (Å²) in [5, 5.41) is 2.80. The number of nitrogens with two attached hydrogens (primary N) is 2. The smallest absolute Gasteiger partial charge is 0.245 e. The molecule has 0 aromatic carbocycles. The van der Waals surface area contributed by atoms with E-state index in [1.807, 2.05) is 4.90 Å². The summed E-state index contributed by atoms with van der Waals surface area (Å²) in [6.07, 6.45) is 4.75. The van der Waals surface area contributed by atoms with Crippen molar-refractivity contribution in [1.29, 1.82) is 0 Å². The van der Waals surface area contributed by atoms with Crippen molar-refractivity contribution >= 4 is 11.8 Å². The molecule has 1 heterocycles. The van der Waals surface area contributed by atoms with Crippen LogP contribution in [0.4, 0.5) is 0 Å². The van der Waals surface area contributed by atoms with E-state index in [9.17, 15) is 9.59 Å². The van der Waals surface area contributed by atoms with E-state index in [2.05, 4.69) is 5.32 Å². The van der Waals surface area contributed by atoms with Crippen molar-refractivity contribution in [3.8, 4) is 0 Å². The molecule has 0 aromatic heterocycles. The number of likely N-dealkylation sites (tertiary alicyclic amines) is 1. The number of hydrogen-bond acceptors (Lipinski definition) is 4. The van der Waals surface area contributed by atoms with E-state index in [-0.39, 0.29) is 18.2 Å². The average molecular weight is 270 g/mol. The van der Waals surface area contributed by atoms with Gasteiger partial charge in [-0.05, 0) is 38.6 Å². The Kier molecular flexibility index (Phi) is 7.43. The van der Waals surface area contributed by atoms with Crippen molar-refractivity contribution in [3.05, 3.63) is 0 Å². The Morgan fingerprint density at radius 2 is 1.79 bits per heavy atom. The molecular weight excluding hydrogens is 244 g/mol. The number of nitrogens with zero attached hydrogens (tertiary/aromatic N) is 1. The molecule has 1 saturated heterocycles. The molecule has 1 atom stereocenters. The molecule has 0 radical (unpaired) electrons. The quantitative estimate of drug-likeness (QED) is 0.521. The molecular formula is C13H26N4O2. The van der Waals surface area contributed by atoms with E-state index in [0.717, 1.165) is 38.8 Å². The molecule has 5 N–H and O–H groups in total. The zero-order valence-corrected chi connectivity index (χ0v) is 11.6. The molecule has 6 heteroatoms. The van der Waals surface area contributed by atoms with Crippen LogP contribution in [0, 0.1) is 0 Å². The van der Waals surface area contributed by atoms with Crippen molar-refractivity contribution in [2.45, 2.75) is 44.6 Å². The Labute approximate surface area is 114 Å². The van der Waals surface area contributed by atoms with E-state index in [1.54, 1.807) is 0 Å². The van der Waals surface area contributed by atoms with Crippen LogP contribution < -0.4 is 16.8 Å². The summed E-state index contributed by atoms with van der Waals surface area (Å²) in [5.41, 5.74) is 10.8. The second kappa shape index (κ2) is 8.87. The molecule has 0 saturated carbocycles. The van der Waals surface area contributed by atoms with Crippen LogP contribution in [0.2, 0.25) is 0 Å². The van der Waals surface area contributed by atoms with Gasteiger partial charge >= 0.3 is 0 Å². The third-order valence-corrected chi connectivity index (χ3v) is 3.37. The predicted molar refractivity (Wildman–Crippen MR) is 74.3 cm³/mol. The summed E-state index contributed by atoms with van der Waals surface area (Å²) in [6, 6.07) is -0.413. The first-order chi connectivity index (χ1) is 9.19. The predicted octanol–water partition coefficient (Wildman–Crippen LogP) is -0.429. The molecule has 0 aromatic rings. The summed E-state index contributed by atoms with van der Waals surface area (Å²) < 4.78 is 0. The van der Waals surface area contributed by atoms with Gasteiger partial charge in [-0.25, -0.2) is 0 Å². The largest absolute Gasteiger partial charge is 0.344 e. The lowest BCUT2D eigenvalue weighted by molar-refractivity contribution is -0.135. The zero-order chi connectivity index (χ0) is 14.1. The van der Waals surface area contributed by atoms with Crippen LogP contribution in [0.25, 0.3) is 0 Å². The number of amides is 2. The topological polar surface area (TPSA) is 101 Å². The molecule has 1 fully saturated rings. The average Bonchev–Trinajstić information content (AvgIpc) is 2.91. The highest BCUT2D eigenvalue weighted by Gasteiger charge is 2.27. The van der Waals surface area contributed by atoms with Gasteiger partial charge in [0.1, 0.15) is 6.04 Å². The molecule has 1 aliphatic heterocycles. The maximum Gasteiger partial charge on any atom is 0.245 e. The normalized spacial score (nSPS) is 16.4. The lowest BCUT2D eigenvalue weighted by Crippen LogP contribution is -2.48. The van der Waals surface area contributed by atoms with Crippen LogP contribution in [-0.4, -0.2) is 48.9 Å². The van der Waals surface area contributed by atoms with Gasteiger partial charge in [0.15, 0.2) is 0 Å². The number of nitrogens with one attached hydrogen (secondary N) is 1. The van der Waals surface area contributed by atoms with Crippen molar-refractivity contribution in [2.24, 2.45) is 11.5 Å². The highest BCUT2D eigenvalue weighted by molar-refractivity contribution is 5.87. The first kappa shape index (κ1) is 15.9. The third-order valence-electron chi connectivity index (χ3n) is 3.37. The number of rotatable bonds is 8. The van der Waals surface area contributed by atoms with Gasteiger partial charge in [-0.3, -0.25) is 9.59 Å². The fourth-order valence-electron chi connectivity index (χ4n) is 2.31. The summed E-state index contributed by atoms with van der Waals surface area (Å²) in [4.78, 5) is 25.8. The maximum absolute atomic E-state index is 12.3. The van der Waals surface area contributed by atoms with Crippen LogP contribution in [0.3, 0.4) is 0 Å². The molecule has 110 valence electrons.